The molecule has 0 saturated carbocycles. The molecule has 1 rings (SSSR count). The van der Waals surface area contributed by atoms with E-state index in [-0.39, 0.29) is 69.6 Å². The molecule has 58 valence electrons. The number of amides is 1. The molecule has 0 fully saturated rings. The molecule has 0 aliphatic carbocycles. The van der Waals surface area contributed by atoms with Crippen LogP contribution in [-0.2, 0) is 0 Å². The van der Waals surface area contributed by atoms with E-state index >= 15 is 0 Å². The summed E-state index contributed by atoms with van der Waals surface area (Å²) in [4.78, 5) is 10.6. The van der Waals surface area contributed by atoms with E-state index in [1.807, 2.05) is 0 Å². The van der Waals surface area contributed by atoms with Crippen LogP contribution < -0.4 is 68.1 Å². The molecule has 0 spiro atoms. The summed E-state index contributed by atoms with van der Waals surface area (Å²) in [6.45, 7) is 0. The molecular formula is C5H4N3O2RbS. The van der Waals surface area contributed by atoms with Gasteiger partial charge in [0.2, 0.25) is 0 Å². The van der Waals surface area contributed by atoms with Crippen LogP contribution in [0.1, 0.15) is 10.4 Å². The molecule has 0 atom stereocenters. The van der Waals surface area contributed by atoms with Gasteiger partial charge >= 0.3 is 58.2 Å². The van der Waals surface area contributed by atoms with Crippen LogP contribution in [0.4, 0.5) is 0 Å². The van der Waals surface area contributed by atoms with Crippen LogP contribution in [-0.4, -0.2) is 16.1 Å². The van der Waals surface area contributed by atoms with Crippen LogP contribution in [0.15, 0.2) is 6.20 Å². The van der Waals surface area contributed by atoms with E-state index in [2.05, 4.69) is 33.4 Å². The minimum Gasteiger partial charge on any atom is -0.466 e. The summed E-state index contributed by atoms with van der Waals surface area (Å²) < 4.78 is 4.40. The number of hydrogen-bond donors (Lipinski definition) is 2. The summed E-state index contributed by atoms with van der Waals surface area (Å²) >= 11 is 3.44. The normalized spacial score (nSPS) is 8.42. The zero-order valence-corrected chi connectivity index (χ0v) is 12.1. The van der Waals surface area contributed by atoms with Gasteiger partial charge in [-0.25, -0.2) is 0 Å². The van der Waals surface area contributed by atoms with Crippen LogP contribution in [0.25, 0.3) is 0 Å². The maximum Gasteiger partial charge on any atom is 1.00 e. The van der Waals surface area contributed by atoms with Crippen molar-refractivity contribution >= 4 is 18.8 Å². The third-order valence-corrected chi connectivity index (χ3v) is 1.13. The molecule has 1 amide bonds. The van der Waals surface area contributed by atoms with Crippen molar-refractivity contribution in [1.29, 1.82) is 0 Å². The number of hydrogen-bond acceptors (Lipinski definition) is 5. The van der Waals surface area contributed by atoms with Gasteiger partial charge in [0.15, 0.2) is 0 Å². The minimum atomic E-state index is -0.677. The van der Waals surface area contributed by atoms with Gasteiger partial charge in [-0.15, -0.1) is 6.07 Å². The standard InChI is InChI=1S/C5H4N3O2S.Rb/c6-4(9)3-1-2-7-8-5(3)10-11;/h2,11H,(H2,6,9);/q-1;+1. The van der Waals surface area contributed by atoms with Gasteiger partial charge in [0.05, 0.1) is 0 Å². The Kier molecular flexibility index (Phi) is 6.29. The van der Waals surface area contributed by atoms with Crippen LogP contribution >= 0.6 is 12.9 Å². The van der Waals surface area contributed by atoms with E-state index < -0.39 is 5.91 Å². The molecule has 0 aliphatic rings. The topological polar surface area (TPSA) is 78.1 Å². The Labute approximate surface area is 123 Å². The summed E-state index contributed by atoms with van der Waals surface area (Å²) in [6.07, 6.45) is 1.22. The fourth-order valence-electron chi connectivity index (χ4n) is 0.527. The number of primary amides is 1. The monoisotopic (exact) mass is 255 g/mol. The van der Waals surface area contributed by atoms with Gasteiger partial charge in [-0.2, -0.15) is 10.2 Å². The molecule has 0 radical (unpaired) electrons. The fraction of sp³-hybridized carbons (Fsp3) is 0. The van der Waals surface area contributed by atoms with Crippen molar-refractivity contribution in [3.05, 3.63) is 17.8 Å². The Morgan fingerprint density at radius 1 is 1.75 bits per heavy atom. The smallest absolute Gasteiger partial charge is 0.466 e. The largest absolute Gasteiger partial charge is 1.00 e. The van der Waals surface area contributed by atoms with Crippen LogP contribution in [0.5, 0.6) is 5.88 Å². The molecule has 0 saturated heterocycles. The molecule has 0 aromatic carbocycles. The second kappa shape index (κ2) is 6.03. The number of nitrogens with two attached hydrogens (primary N) is 1. The molecule has 12 heavy (non-hydrogen) atoms. The van der Waals surface area contributed by atoms with Gasteiger partial charge in [0, 0.05) is 12.9 Å². The Hall–Kier alpha value is 0.505. The number of rotatable bonds is 2. The van der Waals surface area contributed by atoms with E-state index in [4.69, 9.17) is 5.73 Å². The van der Waals surface area contributed by atoms with E-state index in [0.717, 1.165) is 0 Å². The molecule has 0 aliphatic heterocycles. The first-order chi connectivity index (χ1) is 5.25. The van der Waals surface area contributed by atoms with Gasteiger partial charge in [0.1, 0.15) is 11.8 Å². The SMILES string of the molecule is NC(=O)c1[c-]cnnc1OS.[Rb+]. The van der Waals surface area contributed by atoms with Gasteiger partial charge in [0.25, 0.3) is 0 Å². The van der Waals surface area contributed by atoms with Gasteiger partial charge < -0.3 is 14.7 Å². The van der Waals surface area contributed by atoms with Crippen LogP contribution in [0.3, 0.4) is 0 Å². The summed E-state index contributed by atoms with van der Waals surface area (Å²) in [5.41, 5.74) is 4.98. The molecule has 2 N–H and O–H groups in total. The van der Waals surface area contributed by atoms with Crippen molar-refractivity contribution in [2.45, 2.75) is 0 Å². The molecule has 0 unspecified atom stereocenters. The summed E-state index contributed by atoms with van der Waals surface area (Å²) in [7, 11) is 0. The number of carbonyl (C=O) groups excluding carboxylic acids is 1. The maximum atomic E-state index is 10.6. The second-order valence-corrected chi connectivity index (χ2v) is 1.81. The average molecular weight is 256 g/mol. The number of carbonyl (C=O) groups is 1. The van der Waals surface area contributed by atoms with Crippen molar-refractivity contribution in [2.75, 3.05) is 0 Å². The third-order valence-electron chi connectivity index (χ3n) is 0.962. The zero-order chi connectivity index (χ0) is 8.27. The predicted molar refractivity (Wildman–Crippen MR) is 39.0 cm³/mol. The second-order valence-electron chi connectivity index (χ2n) is 1.62. The van der Waals surface area contributed by atoms with Crippen molar-refractivity contribution < 1.29 is 67.2 Å². The first-order valence-electron chi connectivity index (χ1n) is 2.60. The van der Waals surface area contributed by atoms with Crippen LogP contribution in [0, 0.1) is 6.07 Å². The Balaban J connectivity index is 0.00000121. The first-order valence-corrected chi connectivity index (χ1v) is 2.97. The summed E-state index contributed by atoms with van der Waals surface area (Å²) in [6, 6.07) is 2.47. The van der Waals surface area contributed by atoms with Crippen molar-refractivity contribution in [2.24, 2.45) is 5.73 Å². The molecule has 1 aromatic rings. The maximum absolute atomic E-state index is 10.6. The Bertz CT molecular complexity index is 283. The van der Waals surface area contributed by atoms with E-state index in [1.54, 1.807) is 0 Å². The zero-order valence-electron chi connectivity index (χ0n) is 6.31. The first kappa shape index (κ1) is 12.5. The molecule has 7 heteroatoms. The summed E-state index contributed by atoms with van der Waals surface area (Å²) in [5, 5.41) is 6.85. The Morgan fingerprint density at radius 2 is 2.42 bits per heavy atom. The predicted octanol–water partition coefficient (Wildman–Crippen LogP) is -3.40. The Morgan fingerprint density at radius 3 is 2.83 bits per heavy atom. The minimum absolute atomic E-state index is 0. The van der Waals surface area contributed by atoms with E-state index in [1.165, 1.54) is 6.20 Å². The van der Waals surface area contributed by atoms with Crippen molar-refractivity contribution in [1.82, 2.24) is 10.2 Å². The molecular weight excluding hydrogens is 252 g/mol. The molecule has 1 aromatic heterocycles. The molecule has 5 nitrogen and oxygen atoms in total. The number of thiol groups is 1. The van der Waals surface area contributed by atoms with Crippen molar-refractivity contribution in [3.63, 3.8) is 0 Å². The average Bonchev–Trinajstić information content (AvgIpc) is 2.04. The van der Waals surface area contributed by atoms with Crippen LogP contribution in [0.2, 0.25) is 0 Å². The molecule has 0 bridgehead atoms. The quantitative estimate of drug-likeness (QED) is 0.328. The summed E-state index contributed by atoms with van der Waals surface area (Å²) in [5.74, 6) is -0.715. The van der Waals surface area contributed by atoms with Gasteiger partial charge in [-0.3, -0.25) is 0 Å². The van der Waals surface area contributed by atoms with Gasteiger partial charge in [-0.05, 0) is 6.20 Å². The third kappa shape index (κ3) is 3.10. The molecule has 1 heterocycles. The van der Waals surface area contributed by atoms with E-state index in [9.17, 15) is 4.79 Å². The van der Waals surface area contributed by atoms with Crippen molar-refractivity contribution in [3.8, 4) is 5.88 Å². The number of aromatic nitrogens is 2. The van der Waals surface area contributed by atoms with E-state index in [0.29, 0.717) is 0 Å². The van der Waals surface area contributed by atoms with Gasteiger partial charge in [-0.1, -0.05) is 5.56 Å². The number of nitrogens with zero attached hydrogens (tertiary/aromatic N) is 2. The fourth-order valence-corrected chi connectivity index (χ4v) is 0.655.